The molecule has 2 N–H and O–H groups in total. The van der Waals surface area contributed by atoms with Crippen molar-refractivity contribution in [2.45, 2.75) is 10.9 Å². The van der Waals surface area contributed by atoms with Crippen LogP contribution in [0.1, 0.15) is 5.69 Å². The number of anilines is 1. The standard InChI is InChI=1S/C8H12N6S/c1-13-4-3-6(12-13)5-15-8-11-10-7(9)14(8)2/h3-4H,5H2,1-2H3,(H2,9,10). The highest BCUT2D eigenvalue weighted by atomic mass is 32.2. The molecule has 2 aromatic rings. The van der Waals surface area contributed by atoms with E-state index in [-0.39, 0.29) is 0 Å². The van der Waals surface area contributed by atoms with E-state index in [9.17, 15) is 0 Å². The van der Waals surface area contributed by atoms with Crippen molar-refractivity contribution in [2.75, 3.05) is 5.73 Å². The number of aryl methyl sites for hydroxylation is 1. The number of thioether (sulfide) groups is 1. The highest BCUT2D eigenvalue weighted by Gasteiger charge is 2.07. The first-order chi connectivity index (χ1) is 7.16. The van der Waals surface area contributed by atoms with Crippen LogP contribution in [-0.4, -0.2) is 24.5 Å². The van der Waals surface area contributed by atoms with E-state index in [1.165, 1.54) is 0 Å². The smallest absolute Gasteiger partial charge is 0.222 e. The van der Waals surface area contributed by atoms with E-state index < -0.39 is 0 Å². The van der Waals surface area contributed by atoms with Gasteiger partial charge in [-0.1, -0.05) is 11.8 Å². The molecule has 0 aliphatic rings. The fourth-order valence-electron chi connectivity index (χ4n) is 1.13. The summed E-state index contributed by atoms with van der Waals surface area (Å²) in [5.41, 5.74) is 6.59. The summed E-state index contributed by atoms with van der Waals surface area (Å²) >= 11 is 1.57. The molecule has 2 rings (SSSR count). The Morgan fingerprint density at radius 3 is 2.73 bits per heavy atom. The maximum absolute atomic E-state index is 5.57. The highest BCUT2D eigenvalue weighted by molar-refractivity contribution is 7.98. The zero-order valence-electron chi connectivity index (χ0n) is 8.58. The number of nitrogens with zero attached hydrogens (tertiary/aromatic N) is 5. The molecule has 0 fully saturated rings. The first-order valence-corrected chi connectivity index (χ1v) is 5.41. The summed E-state index contributed by atoms with van der Waals surface area (Å²) in [5, 5.41) is 12.8. The average molecular weight is 224 g/mol. The summed E-state index contributed by atoms with van der Waals surface area (Å²) in [6.45, 7) is 0. The van der Waals surface area contributed by atoms with Crippen LogP contribution in [0.2, 0.25) is 0 Å². The van der Waals surface area contributed by atoms with Gasteiger partial charge in [-0.2, -0.15) is 5.10 Å². The Balaban J connectivity index is 2.02. The van der Waals surface area contributed by atoms with Crippen LogP contribution in [0.4, 0.5) is 5.95 Å². The second-order valence-corrected chi connectivity index (χ2v) is 4.11. The third kappa shape index (κ3) is 2.12. The van der Waals surface area contributed by atoms with Gasteiger partial charge in [0.25, 0.3) is 0 Å². The molecule has 80 valence electrons. The number of nitrogen functional groups attached to an aromatic ring is 1. The second kappa shape index (κ2) is 3.93. The fraction of sp³-hybridized carbons (Fsp3) is 0.375. The number of rotatable bonds is 3. The number of aromatic nitrogens is 5. The number of hydrogen-bond acceptors (Lipinski definition) is 5. The van der Waals surface area contributed by atoms with Crippen LogP contribution in [0.5, 0.6) is 0 Å². The van der Waals surface area contributed by atoms with Crippen molar-refractivity contribution in [1.29, 1.82) is 0 Å². The molecule has 0 aliphatic carbocycles. The molecule has 0 amide bonds. The quantitative estimate of drug-likeness (QED) is 0.765. The Bertz CT molecular complexity index is 459. The molecule has 0 bridgehead atoms. The average Bonchev–Trinajstić information content (AvgIpc) is 2.74. The summed E-state index contributed by atoms with van der Waals surface area (Å²) in [7, 11) is 3.74. The minimum Gasteiger partial charge on any atom is -0.368 e. The molecule has 0 saturated heterocycles. The van der Waals surface area contributed by atoms with Crippen LogP contribution in [-0.2, 0) is 19.8 Å². The molecule has 7 heteroatoms. The molecular formula is C8H12N6S. The summed E-state index contributed by atoms with van der Waals surface area (Å²) in [5.74, 6) is 1.20. The van der Waals surface area contributed by atoms with E-state index in [1.807, 2.05) is 26.4 Å². The van der Waals surface area contributed by atoms with E-state index in [4.69, 9.17) is 5.73 Å². The van der Waals surface area contributed by atoms with Gasteiger partial charge in [0.2, 0.25) is 5.95 Å². The second-order valence-electron chi connectivity index (χ2n) is 3.17. The normalized spacial score (nSPS) is 10.8. The van der Waals surface area contributed by atoms with E-state index in [0.717, 1.165) is 16.6 Å². The van der Waals surface area contributed by atoms with Gasteiger partial charge in [0, 0.05) is 26.0 Å². The maximum atomic E-state index is 5.57. The maximum Gasteiger partial charge on any atom is 0.222 e. The molecule has 2 heterocycles. The van der Waals surface area contributed by atoms with Gasteiger partial charge in [-0.15, -0.1) is 10.2 Å². The molecule has 2 aromatic heterocycles. The Hall–Kier alpha value is -1.50. The molecule has 0 atom stereocenters. The lowest BCUT2D eigenvalue weighted by molar-refractivity contribution is 0.753. The van der Waals surface area contributed by atoms with Crippen molar-refractivity contribution in [3.8, 4) is 0 Å². The lowest BCUT2D eigenvalue weighted by Gasteiger charge is -1.98. The molecule has 0 spiro atoms. The van der Waals surface area contributed by atoms with Crippen LogP contribution in [0.15, 0.2) is 17.4 Å². The molecule has 15 heavy (non-hydrogen) atoms. The van der Waals surface area contributed by atoms with Gasteiger partial charge >= 0.3 is 0 Å². The summed E-state index contributed by atoms with van der Waals surface area (Å²) < 4.78 is 3.54. The van der Waals surface area contributed by atoms with Crippen molar-refractivity contribution in [3.05, 3.63) is 18.0 Å². The van der Waals surface area contributed by atoms with E-state index in [1.54, 1.807) is 21.0 Å². The van der Waals surface area contributed by atoms with Crippen LogP contribution in [0.3, 0.4) is 0 Å². The van der Waals surface area contributed by atoms with Crippen LogP contribution < -0.4 is 5.73 Å². The number of nitrogens with two attached hydrogens (primary N) is 1. The van der Waals surface area contributed by atoms with Crippen LogP contribution >= 0.6 is 11.8 Å². The molecule has 0 radical (unpaired) electrons. The lowest BCUT2D eigenvalue weighted by atomic mass is 10.5. The third-order valence-corrected chi connectivity index (χ3v) is 3.04. The van der Waals surface area contributed by atoms with Crippen LogP contribution in [0.25, 0.3) is 0 Å². The minimum absolute atomic E-state index is 0.429. The molecule has 0 aromatic carbocycles. The van der Waals surface area contributed by atoms with E-state index in [2.05, 4.69) is 15.3 Å². The molecule has 0 unspecified atom stereocenters. The third-order valence-electron chi connectivity index (χ3n) is 1.99. The predicted octanol–water partition coefficient (Wildman–Crippen LogP) is 0.423. The molecule has 0 saturated carbocycles. The highest BCUT2D eigenvalue weighted by Crippen LogP contribution is 2.20. The van der Waals surface area contributed by atoms with Crippen molar-refractivity contribution in [2.24, 2.45) is 14.1 Å². The minimum atomic E-state index is 0.429. The van der Waals surface area contributed by atoms with Crippen molar-refractivity contribution < 1.29 is 0 Å². The van der Waals surface area contributed by atoms with Gasteiger partial charge in [0.05, 0.1) is 5.69 Å². The Morgan fingerprint density at radius 1 is 1.40 bits per heavy atom. The monoisotopic (exact) mass is 224 g/mol. The predicted molar refractivity (Wildman–Crippen MR) is 58.2 cm³/mol. The van der Waals surface area contributed by atoms with Crippen molar-refractivity contribution >= 4 is 17.7 Å². The van der Waals surface area contributed by atoms with Gasteiger partial charge in [-0.25, -0.2) is 0 Å². The van der Waals surface area contributed by atoms with Gasteiger partial charge in [-0.3, -0.25) is 9.25 Å². The fourth-order valence-corrected chi connectivity index (χ4v) is 1.95. The summed E-state index contributed by atoms with van der Waals surface area (Å²) in [6.07, 6.45) is 1.92. The zero-order valence-corrected chi connectivity index (χ0v) is 9.40. The van der Waals surface area contributed by atoms with Crippen molar-refractivity contribution in [3.63, 3.8) is 0 Å². The zero-order chi connectivity index (χ0) is 10.8. The molecule has 0 aliphatic heterocycles. The summed E-state index contributed by atoms with van der Waals surface area (Å²) in [6, 6.07) is 1.98. The Labute approximate surface area is 91.5 Å². The lowest BCUT2D eigenvalue weighted by Crippen LogP contribution is -1.98. The van der Waals surface area contributed by atoms with Crippen molar-refractivity contribution in [1.82, 2.24) is 24.5 Å². The topological polar surface area (TPSA) is 74.6 Å². The van der Waals surface area contributed by atoms with Crippen LogP contribution in [0, 0.1) is 0 Å². The van der Waals surface area contributed by atoms with Gasteiger partial charge in [-0.05, 0) is 6.07 Å². The molecular weight excluding hydrogens is 212 g/mol. The van der Waals surface area contributed by atoms with Gasteiger partial charge in [0.15, 0.2) is 5.16 Å². The van der Waals surface area contributed by atoms with E-state index in [0.29, 0.717) is 5.95 Å². The van der Waals surface area contributed by atoms with Gasteiger partial charge < -0.3 is 5.73 Å². The first-order valence-electron chi connectivity index (χ1n) is 4.43. The van der Waals surface area contributed by atoms with E-state index >= 15 is 0 Å². The summed E-state index contributed by atoms with van der Waals surface area (Å²) in [4.78, 5) is 0. The number of hydrogen-bond donors (Lipinski definition) is 1. The van der Waals surface area contributed by atoms with Gasteiger partial charge in [0.1, 0.15) is 0 Å². The first kappa shape index (κ1) is 10.0. The SMILES string of the molecule is Cn1ccc(CSc2nnc(N)n2C)n1. The Morgan fingerprint density at radius 2 is 2.20 bits per heavy atom. The molecule has 6 nitrogen and oxygen atoms in total. The largest absolute Gasteiger partial charge is 0.368 e. The Kier molecular flexibility index (Phi) is 2.63.